The molecule has 0 radical (unpaired) electrons. The smallest absolute Gasteiger partial charge is 0.113 e. The number of benzene rings is 2. The molecule has 1 N–H and O–H groups in total. The van der Waals surface area contributed by atoms with Crippen LogP contribution in [0.2, 0.25) is 4.34 Å². The number of aliphatic hydroxyl groups excluding tert-OH is 1. The first-order chi connectivity index (χ1) is 8.74. The van der Waals surface area contributed by atoms with Gasteiger partial charge in [0, 0.05) is 4.88 Å². The molecule has 1 nitrogen and oxygen atoms in total. The summed E-state index contributed by atoms with van der Waals surface area (Å²) in [5.41, 5.74) is 0.896. The fourth-order valence-electron chi connectivity index (χ4n) is 2.02. The third-order valence-corrected chi connectivity index (χ3v) is 4.24. The first kappa shape index (κ1) is 11.7. The fourth-order valence-corrected chi connectivity index (χ4v) is 3.09. The lowest BCUT2D eigenvalue weighted by molar-refractivity contribution is 0.224. The van der Waals surface area contributed by atoms with Crippen molar-refractivity contribution in [3.8, 4) is 0 Å². The van der Waals surface area contributed by atoms with E-state index in [1.807, 2.05) is 48.5 Å². The van der Waals surface area contributed by atoms with Crippen LogP contribution < -0.4 is 0 Å². The van der Waals surface area contributed by atoms with Crippen LogP contribution in [-0.4, -0.2) is 5.11 Å². The lowest BCUT2D eigenvalue weighted by atomic mass is 10.0. The van der Waals surface area contributed by atoms with E-state index in [0.717, 1.165) is 15.8 Å². The van der Waals surface area contributed by atoms with Gasteiger partial charge in [-0.1, -0.05) is 48.0 Å². The van der Waals surface area contributed by atoms with Crippen molar-refractivity contribution in [2.75, 3.05) is 0 Å². The van der Waals surface area contributed by atoms with E-state index in [1.54, 1.807) is 0 Å². The molecule has 1 unspecified atom stereocenters. The molecular weight excluding hydrogens is 264 g/mol. The van der Waals surface area contributed by atoms with Crippen LogP contribution in [0, 0.1) is 0 Å². The molecule has 0 aliphatic heterocycles. The van der Waals surface area contributed by atoms with Crippen LogP contribution in [-0.2, 0) is 0 Å². The number of hydrogen-bond donors (Lipinski definition) is 1. The molecule has 18 heavy (non-hydrogen) atoms. The molecule has 0 spiro atoms. The normalized spacial score (nSPS) is 12.8. The lowest BCUT2D eigenvalue weighted by Gasteiger charge is -2.10. The van der Waals surface area contributed by atoms with E-state index >= 15 is 0 Å². The summed E-state index contributed by atoms with van der Waals surface area (Å²) in [6.45, 7) is 0. The van der Waals surface area contributed by atoms with Gasteiger partial charge >= 0.3 is 0 Å². The Labute approximate surface area is 114 Å². The minimum atomic E-state index is -0.605. The molecule has 0 fully saturated rings. The van der Waals surface area contributed by atoms with Crippen LogP contribution in [0.3, 0.4) is 0 Å². The molecule has 1 heterocycles. The maximum Gasteiger partial charge on any atom is 0.113 e. The van der Waals surface area contributed by atoms with Gasteiger partial charge in [0.25, 0.3) is 0 Å². The van der Waals surface area contributed by atoms with Crippen molar-refractivity contribution in [2.45, 2.75) is 6.10 Å². The average Bonchev–Trinajstić information content (AvgIpc) is 2.84. The molecule has 2 aromatic carbocycles. The SMILES string of the molecule is OC(c1ccc2ccccc2c1)c1ccc(Cl)s1. The highest BCUT2D eigenvalue weighted by Gasteiger charge is 2.12. The van der Waals surface area contributed by atoms with Crippen LogP contribution in [0.15, 0.2) is 54.6 Å². The summed E-state index contributed by atoms with van der Waals surface area (Å²) in [4.78, 5) is 0.871. The quantitative estimate of drug-likeness (QED) is 0.722. The third kappa shape index (κ3) is 2.15. The predicted molar refractivity (Wildman–Crippen MR) is 77.3 cm³/mol. The monoisotopic (exact) mass is 274 g/mol. The Bertz CT molecular complexity index is 690. The van der Waals surface area contributed by atoms with Crippen LogP contribution in [0.4, 0.5) is 0 Å². The predicted octanol–water partition coefficient (Wildman–Crippen LogP) is 4.64. The van der Waals surface area contributed by atoms with Crippen LogP contribution in [0.5, 0.6) is 0 Å². The van der Waals surface area contributed by atoms with Gasteiger partial charge in [0.15, 0.2) is 0 Å². The van der Waals surface area contributed by atoms with Gasteiger partial charge in [-0.25, -0.2) is 0 Å². The molecule has 0 aliphatic carbocycles. The summed E-state index contributed by atoms with van der Waals surface area (Å²) in [5.74, 6) is 0. The van der Waals surface area contributed by atoms with Crippen molar-refractivity contribution < 1.29 is 5.11 Å². The summed E-state index contributed by atoms with van der Waals surface area (Å²) in [5, 5.41) is 12.6. The van der Waals surface area contributed by atoms with Crippen molar-refractivity contribution >= 4 is 33.7 Å². The molecule has 1 aromatic heterocycles. The van der Waals surface area contributed by atoms with Gasteiger partial charge in [-0.15, -0.1) is 11.3 Å². The van der Waals surface area contributed by atoms with Crippen molar-refractivity contribution in [1.82, 2.24) is 0 Å². The molecule has 0 amide bonds. The minimum absolute atomic E-state index is 0.605. The molecule has 1 atom stereocenters. The third-order valence-electron chi connectivity index (χ3n) is 2.95. The van der Waals surface area contributed by atoms with E-state index in [1.165, 1.54) is 16.7 Å². The van der Waals surface area contributed by atoms with Crippen LogP contribution in [0.25, 0.3) is 10.8 Å². The largest absolute Gasteiger partial charge is 0.383 e. The Balaban J connectivity index is 2.03. The maximum absolute atomic E-state index is 10.3. The Hall–Kier alpha value is -1.35. The van der Waals surface area contributed by atoms with Gasteiger partial charge < -0.3 is 5.11 Å². The highest BCUT2D eigenvalue weighted by molar-refractivity contribution is 7.16. The van der Waals surface area contributed by atoms with E-state index in [-0.39, 0.29) is 0 Å². The van der Waals surface area contributed by atoms with Gasteiger partial charge in [0.1, 0.15) is 6.10 Å². The molecule has 3 rings (SSSR count). The summed E-state index contributed by atoms with van der Waals surface area (Å²) < 4.78 is 0.699. The number of aliphatic hydroxyl groups is 1. The first-order valence-electron chi connectivity index (χ1n) is 5.66. The average molecular weight is 275 g/mol. The molecule has 90 valence electrons. The van der Waals surface area contributed by atoms with Gasteiger partial charge in [-0.2, -0.15) is 0 Å². The zero-order valence-electron chi connectivity index (χ0n) is 9.51. The summed E-state index contributed by atoms with van der Waals surface area (Å²) in [7, 11) is 0. The summed E-state index contributed by atoms with van der Waals surface area (Å²) in [6.07, 6.45) is -0.605. The van der Waals surface area contributed by atoms with Crippen molar-refractivity contribution in [1.29, 1.82) is 0 Å². The van der Waals surface area contributed by atoms with Gasteiger partial charge in [-0.3, -0.25) is 0 Å². The molecule has 0 saturated carbocycles. The van der Waals surface area contributed by atoms with E-state index in [4.69, 9.17) is 11.6 Å². The Morgan fingerprint density at radius 3 is 2.44 bits per heavy atom. The standard InChI is InChI=1S/C15H11ClOS/c16-14-8-7-13(18-14)15(17)12-6-5-10-3-1-2-4-11(10)9-12/h1-9,15,17H. The van der Waals surface area contributed by atoms with Gasteiger partial charge in [0.2, 0.25) is 0 Å². The first-order valence-corrected chi connectivity index (χ1v) is 6.85. The highest BCUT2D eigenvalue weighted by atomic mass is 35.5. The number of hydrogen-bond acceptors (Lipinski definition) is 2. The number of rotatable bonds is 2. The summed E-state index contributed by atoms with van der Waals surface area (Å²) in [6, 6.07) is 17.8. The van der Waals surface area contributed by atoms with Gasteiger partial charge in [-0.05, 0) is 34.5 Å². The second-order valence-electron chi connectivity index (χ2n) is 4.15. The van der Waals surface area contributed by atoms with E-state index in [2.05, 4.69) is 6.07 Å². The van der Waals surface area contributed by atoms with Crippen molar-refractivity contribution in [3.63, 3.8) is 0 Å². The molecular formula is C15H11ClOS. The second-order valence-corrected chi connectivity index (χ2v) is 5.90. The molecule has 3 heteroatoms. The highest BCUT2D eigenvalue weighted by Crippen LogP contribution is 2.32. The Kier molecular flexibility index (Phi) is 3.08. The summed E-state index contributed by atoms with van der Waals surface area (Å²) >= 11 is 7.31. The second kappa shape index (κ2) is 4.73. The Morgan fingerprint density at radius 2 is 1.72 bits per heavy atom. The molecule has 0 aliphatic rings. The molecule has 0 saturated heterocycles. The zero-order valence-corrected chi connectivity index (χ0v) is 11.1. The topological polar surface area (TPSA) is 20.2 Å². The van der Waals surface area contributed by atoms with Crippen LogP contribution >= 0.6 is 22.9 Å². The lowest BCUT2D eigenvalue weighted by Crippen LogP contribution is -1.96. The fraction of sp³-hybridized carbons (Fsp3) is 0.0667. The zero-order chi connectivity index (χ0) is 12.5. The molecule has 0 bridgehead atoms. The van der Waals surface area contributed by atoms with Crippen molar-refractivity contribution in [3.05, 3.63) is 69.4 Å². The van der Waals surface area contributed by atoms with E-state index in [0.29, 0.717) is 4.34 Å². The number of fused-ring (bicyclic) bond motifs is 1. The maximum atomic E-state index is 10.3. The van der Waals surface area contributed by atoms with Crippen molar-refractivity contribution in [2.24, 2.45) is 0 Å². The minimum Gasteiger partial charge on any atom is -0.383 e. The Morgan fingerprint density at radius 1 is 0.944 bits per heavy atom. The number of halogens is 1. The molecule has 3 aromatic rings. The number of thiophene rings is 1. The van der Waals surface area contributed by atoms with Gasteiger partial charge in [0.05, 0.1) is 4.34 Å². The van der Waals surface area contributed by atoms with E-state index < -0.39 is 6.10 Å². The van der Waals surface area contributed by atoms with Crippen LogP contribution in [0.1, 0.15) is 16.5 Å². The van der Waals surface area contributed by atoms with E-state index in [9.17, 15) is 5.11 Å².